The summed E-state index contributed by atoms with van der Waals surface area (Å²) in [4.78, 5) is 0. The molecule has 0 bridgehead atoms. The van der Waals surface area contributed by atoms with E-state index in [2.05, 4.69) is 17.0 Å². The van der Waals surface area contributed by atoms with E-state index in [0.717, 1.165) is 12.1 Å². The molecule has 5 heteroatoms. The third-order valence-corrected chi connectivity index (χ3v) is 2.81. The summed E-state index contributed by atoms with van der Waals surface area (Å²) in [7, 11) is 0. The first-order chi connectivity index (χ1) is 7.44. The maximum absolute atomic E-state index is 11.9. The zero-order valence-electron chi connectivity index (χ0n) is 8.92. The Morgan fingerprint density at radius 1 is 1.44 bits per heavy atom. The van der Waals surface area contributed by atoms with Gasteiger partial charge in [0.15, 0.2) is 0 Å². The Labute approximate surface area is 92.2 Å². The standard InChI is InChI=1S/C11H14F3NO/c1-7-6-10(7)15-8-2-4-9(5-3-8)16-11(12,13)14/h2-4,7,9-10,15H,5-6H2,1H3/t7-,9?,10+/m1/s1. The van der Waals surface area contributed by atoms with Crippen molar-refractivity contribution in [2.75, 3.05) is 0 Å². The van der Waals surface area contributed by atoms with Crippen molar-refractivity contribution >= 4 is 0 Å². The van der Waals surface area contributed by atoms with Gasteiger partial charge in [-0.15, -0.1) is 13.2 Å². The molecule has 1 unspecified atom stereocenters. The van der Waals surface area contributed by atoms with Crippen LogP contribution in [0.2, 0.25) is 0 Å². The first-order valence-corrected chi connectivity index (χ1v) is 5.33. The number of allylic oxidation sites excluding steroid dienone is 1. The van der Waals surface area contributed by atoms with E-state index in [-0.39, 0.29) is 6.42 Å². The smallest absolute Gasteiger partial charge is 0.382 e. The highest BCUT2D eigenvalue weighted by atomic mass is 19.4. The van der Waals surface area contributed by atoms with Crippen LogP contribution in [0, 0.1) is 5.92 Å². The molecule has 0 saturated heterocycles. The van der Waals surface area contributed by atoms with Crippen LogP contribution in [0.25, 0.3) is 0 Å². The fourth-order valence-corrected chi connectivity index (χ4v) is 1.70. The van der Waals surface area contributed by atoms with Crippen molar-refractivity contribution in [3.05, 3.63) is 23.9 Å². The molecule has 1 saturated carbocycles. The molecule has 0 spiro atoms. The monoisotopic (exact) mass is 233 g/mol. The molecule has 0 aromatic heterocycles. The fourth-order valence-electron chi connectivity index (χ4n) is 1.70. The summed E-state index contributed by atoms with van der Waals surface area (Å²) < 4.78 is 39.7. The second-order valence-corrected chi connectivity index (χ2v) is 4.32. The molecule has 16 heavy (non-hydrogen) atoms. The van der Waals surface area contributed by atoms with E-state index in [1.54, 1.807) is 12.2 Å². The molecule has 2 aliphatic carbocycles. The van der Waals surface area contributed by atoms with Crippen molar-refractivity contribution in [3.8, 4) is 0 Å². The number of alkyl halides is 3. The first-order valence-electron chi connectivity index (χ1n) is 5.33. The van der Waals surface area contributed by atoms with Crippen LogP contribution >= 0.6 is 0 Å². The summed E-state index contributed by atoms with van der Waals surface area (Å²) in [5, 5.41) is 3.26. The molecule has 2 nitrogen and oxygen atoms in total. The molecule has 0 aromatic carbocycles. The van der Waals surface area contributed by atoms with Gasteiger partial charge in [0, 0.05) is 11.7 Å². The third-order valence-electron chi connectivity index (χ3n) is 2.81. The van der Waals surface area contributed by atoms with E-state index >= 15 is 0 Å². The summed E-state index contributed by atoms with van der Waals surface area (Å²) in [6.07, 6.45) is 0.809. The van der Waals surface area contributed by atoms with Gasteiger partial charge < -0.3 is 5.32 Å². The molecule has 0 heterocycles. The molecule has 3 atom stereocenters. The SMILES string of the molecule is C[C@@H]1C[C@@H]1NC1=CCC(OC(F)(F)F)C=C1. The average molecular weight is 233 g/mol. The molecule has 90 valence electrons. The molecule has 0 aliphatic heterocycles. The minimum absolute atomic E-state index is 0.263. The Bertz CT molecular complexity index is 322. The minimum Gasteiger partial charge on any atom is -0.382 e. The van der Waals surface area contributed by atoms with Gasteiger partial charge in [0.05, 0.1) is 6.10 Å². The summed E-state index contributed by atoms with van der Waals surface area (Å²) in [5.41, 5.74) is 0.899. The minimum atomic E-state index is -4.56. The van der Waals surface area contributed by atoms with Crippen molar-refractivity contribution in [1.82, 2.24) is 5.32 Å². The number of nitrogens with one attached hydrogen (secondary N) is 1. The lowest BCUT2D eigenvalue weighted by molar-refractivity contribution is -0.336. The second-order valence-electron chi connectivity index (χ2n) is 4.32. The fraction of sp³-hybridized carbons (Fsp3) is 0.636. The van der Waals surface area contributed by atoms with Gasteiger partial charge in [-0.1, -0.05) is 19.1 Å². The molecule has 1 fully saturated rings. The zero-order chi connectivity index (χ0) is 11.8. The van der Waals surface area contributed by atoms with Crippen molar-refractivity contribution in [3.63, 3.8) is 0 Å². The van der Waals surface area contributed by atoms with E-state index in [1.165, 1.54) is 6.08 Å². The number of ether oxygens (including phenoxy) is 1. The zero-order valence-corrected chi connectivity index (χ0v) is 8.92. The molecule has 1 N–H and O–H groups in total. The summed E-state index contributed by atoms with van der Waals surface area (Å²) in [6.45, 7) is 2.14. The van der Waals surface area contributed by atoms with E-state index in [0.29, 0.717) is 12.0 Å². The van der Waals surface area contributed by atoms with Crippen molar-refractivity contribution in [1.29, 1.82) is 0 Å². The Morgan fingerprint density at radius 2 is 2.12 bits per heavy atom. The van der Waals surface area contributed by atoms with Gasteiger partial charge in [0.1, 0.15) is 0 Å². The molecular formula is C11H14F3NO. The molecule has 0 amide bonds. The number of hydrogen-bond donors (Lipinski definition) is 1. The lowest BCUT2D eigenvalue weighted by Crippen LogP contribution is -2.25. The Morgan fingerprint density at radius 3 is 2.56 bits per heavy atom. The second kappa shape index (κ2) is 4.13. The van der Waals surface area contributed by atoms with Gasteiger partial charge in [0.2, 0.25) is 0 Å². The predicted molar refractivity (Wildman–Crippen MR) is 53.5 cm³/mol. The topological polar surface area (TPSA) is 21.3 Å². The van der Waals surface area contributed by atoms with Crippen molar-refractivity contribution in [2.45, 2.75) is 38.3 Å². The molecule has 2 rings (SSSR count). The van der Waals surface area contributed by atoms with Gasteiger partial charge in [-0.2, -0.15) is 0 Å². The van der Waals surface area contributed by atoms with Gasteiger partial charge in [-0.25, -0.2) is 0 Å². The van der Waals surface area contributed by atoms with Crippen LogP contribution in [0.1, 0.15) is 19.8 Å². The molecule has 2 aliphatic rings. The van der Waals surface area contributed by atoms with Gasteiger partial charge in [0.25, 0.3) is 0 Å². The van der Waals surface area contributed by atoms with Crippen LogP contribution in [0.3, 0.4) is 0 Å². The average Bonchev–Trinajstić information content (AvgIpc) is 2.83. The lowest BCUT2D eigenvalue weighted by atomic mass is 10.1. The largest absolute Gasteiger partial charge is 0.523 e. The summed E-state index contributed by atoms with van der Waals surface area (Å²) in [6, 6.07) is 0.482. The maximum Gasteiger partial charge on any atom is 0.523 e. The number of rotatable bonds is 3. The predicted octanol–water partition coefficient (Wildman–Crippen LogP) is 2.73. The van der Waals surface area contributed by atoms with Gasteiger partial charge in [-0.05, 0) is 24.8 Å². The maximum atomic E-state index is 11.9. The van der Waals surface area contributed by atoms with Crippen molar-refractivity contribution < 1.29 is 17.9 Å². The number of hydrogen-bond acceptors (Lipinski definition) is 2. The first kappa shape index (κ1) is 11.5. The highest BCUT2D eigenvalue weighted by Gasteiger charge is 2.34. The van der Waals surface area contributed by atoms with Crippen LogP contribution in [-0.4, -0.2) is 18.5 Å². The Balaban J connectivity index is 1.79. The van der Waals surface area contributed by atoms with Crippen LogP contribution in [0.5, 0.6) is 0 Å². The van der Waals surface area contributed by atoms with Crippen LogP contribution < -0.4 is 5.32 Å². The third kappa shape index (κ3) is 3.27. The van der Waals surface area contributed by atoms with Gasteiger partial charge >= 0.3 is 6.36 Å². The van der Waals surface area contributed by atoms with Crippen LogP contribution in [0.15, 0.2) is 23.9 Å². The van der Waals surface area contributed by atoms with Gasteiger partial charge in [-0.3, -0.25) is 4.74 Å². The Hall–Kier alpha value is -0.970. The molecule has 0 radical (unpaired) electrons. The lowest BCUT2D eigenvalue weighted by Gasteiger charge is -2.19. The highest BCUT2D eigenvalue weighted by molar-refractivity contribution is 5.24. The molecule has 0 aromatic rings. The Kier molecular flexibility index (Phi) is 2.97. The quantitative estimate of drug-likeness (QED) is 0.809. The van der Waals surface area contributed by atoms with E-state index in [1.807, 2.05) is 0 Å². The number of halogens is 3. The van der Waals surface area contributed by atoms with E-state index in [9.17, 15) is 13.2 Å². The summed E-state index contributed by atoms with van der Waals surface area (Å²) in [5.74, 6) is 0.665. The normalized spacial score (nSPS) is 33.5. The van der Waals surface area contributed by atoms with Crippen LogP contribution in [0.4, 0.5) is 13.2 Å². The molecular weight excluding hydrogens is 219 g/mol. The van der Waals surface area contributed by atoms with Crippen molar-refractivity contribution in [2.24, 2.45) is 5.92 Å². The summed E-state index contributed by atoms with van der Waals surface area (Å²) >= 11 is 0. The highest BCUT2D eigenvalue weighted by Crippen LogP contribution is 2.31. The van der Waals surface area contributed by atoms with E-state index < -0.39 is 12.5 Å². The van der Waals surface area contributed by atoms with Crippen LogP contribution in [-0.2, 0) is 4.74 Å². The van der Waals surface area contributed by atoms with E-state index in [4.69, 9.17) is 0 Å².